The molecule has 0 radical (unpaired) electrons. The van der Waals surface area contributed by atoms with E-state index in [-0.39, 0.29) is 11.6 Å². The van der Waals surface area contributed by atoms with E-state index in [0.29, 0.717) is 33.7 Å². The number of pyridine rings is 1. The van der Waals surface area contributed by atoms with Crippen LogP contribution in [-0.2, 0) is 0 Å². The Balaban J connectivity index is 1.62. The highest BCUT2D eigenvalue weighted by Crippen LogP contribution is 2.46. The number of carbonyl (C=O) groups is 1. The molecule has 2 aromatic heterocycles. The third-order valence-corrected chi connectivity index (χ3v) is 6.37. The van der Waals surface area contributed by atoms with Gasteiger partial charge in [-0.05, 0) is 60.7 Å². The van der Waals surface area contributed by atoms with E-state index in [2.05, 4.69) is 10.3 Å². The van der Waals surface area contributed by atoms with Gasteiger partial charge in [0, 0.05) is 17.8 Å². The average Bonchev–Trinajstić information content (AvgIpc) is 3.53. The van der Waals surface area contributed by atoms with Crippen molar-refractivity contribution in [3.8, 4) is 22.8 Å². The minimum atomic E-state index is -0.998. The van der Waals surface area contributed by atoms with E-state index in [1.54, 1.807) is 44.7 Å². The van der Waals surface area contributed by atoms with Crippen LogP contribution in [0.5, 0.6) is 11.5 Å². The summed E-state index contributed by atoms with van der Waals surface area (Å²) in [5.41, 5.74) is 2.39. The lowest BCUT2D eigenvalue weighted by molar-refractivity contribution is 0.0697. The maximum absolute atomic E-state index is 11.5. The molecule has 9 heteroatoms. The number of nitrogens with one attached hydrogen (secondary N) is 1. The maximum Gasteiger partial charge on any atom is 0.335 e. The number of rotatable bonds is 7. The summed E-state index contributed by atoms with van der Waals surface area (Å²) in [7, 11) is 3.19. The molecular weight excluding hydrogens is 478 g/mol. The minimum Gasteiger partial charge on any atom is -0.497 e. The first-order valence-electron chi connectivity index (χ1n) is 11.2. The lowest BCUT2D eigenvalue weighted by Gasteiger charge is -2.27. The summed E-state index contributed by atoms with van der Waals surface area (Å²) in [6, 6.07) is 20.9. The molecule has 0 spiro atoms. The average molecular weight is 502 g/mol. The van der Waals surface area contributed by atoms with Crippen molar-refractivity contribution in [1.29, 1.82) is 0 Å². The van der Waals surface area contributed by atoms with Gasteiger partial charge in [-0.2, -0.15) is 0 Å². The number of ether oxygens (including phenoxy) is 2. The highest BCUT2D eigenvalue weighted by molar-refractivity contribution is 7.80. The van der Waals surface area contributed by atoms with Crippen LogP contribution in [0.2, 0.25) is 0 Å². The molecule has 2 N–H and O–H groups in total. The Labute approximate surface area is 213 Å². The van der Waals surface area contributed by atoms with Crippen LogP contribution in [0.15, 0.2) is 83.4 Å². The lowest BCUT2D eigenvalue weighted by atomic mass is 10.0. The van der Waals surface area contributed by atoms with Gasteiger partial charge in [0.15, 0.2) is 5.11 Å². The fourth-order valence-electron chi connectivity index (χ4n) is 4.36. The zero-order chi connectivity index (χ0) is 25.2. The Morgan fingerprint density at radius 1 is 1.06 bits per heavy atom. The maximum atomic E-state index is 11.5. The molecule has 0 saturated carbocycles. The van der Waals surface area contributed by atoms with E-state index in [9.17, 15) is 9.90 Å². The first-order chi connectivity index (χ1) is 17.5. The molecular formula is C27H23N3O5S. The predicted molar refractivity (Wildman–Crippen MR) is 139 cm³/mol. The van der Waals surface area contributed by atoms with Gasteiger partial charge in [0.2, 0.25) is 0 Å². The summed E-state index contributed by atoms with van der Waals surface area (Å²) in [4.78, 5) is 18.0. The van der Waals surface area contributed by atoms with E-state index >= 15 is 0 Å². The van der Waals surface area contributed by atoms with Crippen molar-refractivity contribution in [3.05, 3.63) is 96.0 Å². The van der Waals surface area contributed by atoms with Crippen molar-refractivity contribution in [1.82, 2.24) is 10.3 Å². The molecule has 0 aliphatic carbocycles. The normalized spacial score (nSPS) is 17.1. The minimum absolute atomic E-state index is 0.185. The third kappa shape index (κ3) is 4.25. The molecule has 5 rings (SSSR count). The molecule has 36 heavy (non-hydrogen) atoms. The monoisotopic (exact) mass is 501 g/mol. The second-order valence-electron chi connectivity index (χ2n) is 8.12. The summed E-state index contributed by atoms with van der Waals surface area (Å²) in [6.45, 7) is 0. The Bertz CT molecular complexity index is 1420. The molecule has 0 amide bonds. The third-order valence-electron chi connectivity index (χ3n) is 6.06. The van der Waals surface area contributed by atoms with Gasteiger partial charge in [-0.1, -0.05) is 18.2 Å². The summed E-state index contributed by atoms with van der Waals surface area (Å²) in [5, 5.41) is 13.3. The number of aromatic nitrogens is 1. The van der Waals surface area contributed by atoms with E-state index < -0.39 is 12.0 Å². The first kappa shape index (κ1) is 23.4. The molecule has 2 atom stereocenters. The van der Waals surface area contributed by atoms with Crippen molar-refractivity contribution >= 4 is 29.0 Å². The molecule has 0 unspecified atom stereocenters. The second kappa shape index (κ2) is 9.71. The van der Waals surface area contributed by atoms with Crippen molar-refractivity contribution < 1.29 is 23.8 Å². The SMILES string of the molecule is COc1ccc(N2C(=S)N[C@@H](c3ccccn3)[C@H]2c2ccc(-c3cccc(C(=O)O)c3)o2)c(OC)c1. The summed E-state index contributed by atoms with van der Waals surface area (Å²) < 4.78 is 17.4. The fraction of sp³-hybridized carbons (Fsp3) is 0.148. The molecule has 1 fully saturated rings. The standard InChI is InChI=1S/C27H23N3O5S/c1-33-18-9-10-20(23(15-18)34-2)30-25(24(29-27(30)36)19-8-3-4-13-28-19)22-12-11-21(35-22)16-6-5-7-17(14-16)26(31)32/h3-15,24-25H,1-2H3,(H,29,36)(H,31,32)/t24-,25+/m0/s1. The van der Waals surface area contributed by atoms with Crippen molar-refractivity contribution in [3.63, 3.8) is 0 Å². The van der Waals surface area contributed by atoms with Crippen LogP contribution < -0.4 is 19.7 Å². The number of benzene rings is 2. The molecule has 1 aliphatic heterocycles. The lowest BCUT2D eigenvalue weighted by Crippen LogP contribution is -2.29. The summed E-state index contributed by atoms with van der Waals surface area (Å²) in [5.74, 6) is 1.43. The van der Waals surface area contributed by atoms with Gasteiger partial charge < -0.3 is 29.2 Å². The Morgan fingerprint density at radius 2 is 1.92 bits per heavy atom. The quantitative estimate of drug-likeness (QED) is 0.330. The van der Waals surface area contributed by atoms with Gasteiger partial charge in [0.25, 0.3) is 0 Å². The molecule has 8 nitrogen and oxygen atoms in total. The van der Waals surface area contributed by atoms with E-state index in [4.69, 9.17) is 26.1 Å². The fourth-order valence-corrected chi connectivity index (χ4v) is 4.70. The van der Waals surface area contributed by atoms with Crippen LogP contribution in [0.4, 0.5) is 5.69 Å². The van der Waals surface area contributed by atoms with Crippen molar-refractivity contribution in [2.75, 3.05) is 19.1 Å². The Morgan fingerprint density at radius 3 is 2.64 bits per heavy atom. The number of hydrogen-bond donors (Lipinski definition) is 2. The first-order valence-corrected chi connectivity index (χ1v) is 11.6. The number of aromatic carboxylic acids is 1. The second-order valence-corrected chi connectivity index (χ2v) is 8.51. The van der Waals surface area contributed by atoms with Gasteiger partial charge in [0.1, 0.15) is 29.1 Å². The number of thiocarbonyl (C=S) groups is 1. The van der Waals surface area contributed by atoms with Gasteiger partial charge in [0.05, 0.1) is 37.2 Å². The smallest absolute Gasteiger partial charge is 0.335 e. The number of hydrogen-bond acceptors (Lipinski definition) is 6. The molecule has 0 bridgehead atoms. The highest BCUT2D eigenvalue weighted by atomic mass is 32.1. The van der Waals surface area contributed by atoms with Gasteiger partial charge in [-0.25, -0.2) is 4.79 Å². The van der Waals surface area contributed by atoms with Crippen LogP contribution in [0.3, 0.4) is 0 Å². The number of anilines is 1. The van der Waals surface area contributed by atoms with E-state index in [1.165, 1.54) is 0 Å². The molecule has 1 aliphatic rings. The van der Waals surface area contributed by atoms with Gasteiger partial charge in [-0.3, -0.25) is 4.98 Å². The number of carboxylic acid groups (broad SMARTS) is 1. The van der Waals surface area contributed by atoms with Crippen LogP contribution in [0, 0.1) is 0 Å². The van der Waals surface area contributed by atoms with Crippen molar-refractivity contribution in [2.24, 2.45) is 0 Å². The number of furan rings is 1. The summed E-state index contributed by atoms with van der Waals surface area (Å²) in [6.07, 6.45) is 1.73. The zero-order valence-corrected chi connectivity index (χ0v) is 20.4. The van der Waals surface area contributed by atoms with E-state index in [0.717, 1.165) is 11.4 Å². The van der Waals surface area contributed by atoms with E-state index in [1.807, 2.05) is 53.4 Å². The van der Waals surface area contributed by atoms with Gasteiger partial charge in [-0.15, -0.1) is 0 Å². The summed E-state index contributed by atoms with van der Waals surface area (Å²) >= 11 is 5.78. The largest absolute Gasteiger partial charge is 0.497 e. The number of carboxylic acids is 1. The van der Waals surface area contributed by atoms with Crippen molar-refractivity contribution in [2.45, 2.75) is 12.1 Å². The predicted octanol–water partition coefficient (Wildman–Crippen LogP) is 5.23. The Hall–Kier alpha value is -4.37. The molecule has 3 heterocycles. The number of nitrogens with zero attached hydrogens (tertiary/aromatic N) is 2. The van der Waals surface area contributed by atoms with Crippen LogP contribution in [0.25, 0.3) is 11.3 Å². The Kier molecular flexibility index (Phi) is 6.30. The molecule has 1 saturated heterocycles. The molecule has 2 aromatic carbocycles. The van der Waals surface area contributed by atoms with Crippen LogP contribution in [-0.4, -0.2) is 35.4 Å². The van der Waals surface area contributed by atoms with Crippen LogP contribution >= 0.6 is 12.2 Å². The highest BCUT2D eigenvalue weighted by Gasteiger charge is 2.43. The zero-order valence-electron chi connectivity index (χ0n) is 19.5. The van der Waals surface area contributed by atoms with Gasteiger partial charge >= 0.3 is 5.97 Å². The van der Waals surface area contributed by atoms with Crippen LogP contribution in [0.1, 0.15) is 33.9 Å². The molecule has 182 valence electrons. The number of methoxy groups -OCH3 is 2. The molecule has 4 aromatic rings. The topological polar surface area (TPSA) is 97.1 Å².